The number of nitrogens with zero attached hydrogens (tertiary/aromatic N) is 2. The van der Waals surface area contributed by atoms with Gasteiger partial charge >= 0.3 is 0 Å². The van der Waals surface area contributed by atoms with Crippen molar-refractivity contribution in [1.29, 1.82) is 0 Å². The zero-order valence-electron chi connectivity index (χ0n) is 11.7. The molecule has 0 aliphatic carbocycles. The van der Waals surface area contributed by atoms with Crippen LogP contribution < -0.4 is 10.6 Å². The molecule has 0 bridgehead atoms. The second kappa shape index (κ2) is 6.17. The minimum Gasteiger partial charge on any atom is -0.349 e. The van der Waals surface area contributed by atoms with Crippen molar-refractivity contribution in [3.05, 3.63) is 46.3 Å². The van der Waals surface area contributed by atoms with E-state index in [2.05, 4.69) is 47.3 Å². The van der Waals surface area contributed by atoms with Gasteiger partial charge in [0.05, 0.1) is 6.54 Å². The van der Waals surface area contributed by atoms with Gasteiger partial charge in [-0.25, -0.2) is 4.98 Å². The van der Waals surface area contributed by atoms with E-state index < -0.39 is 0 Å². The van der Waals surface area contributed by atoms with Crippen molar-refractivity contribution in [3.8, 4) is 0 Å². The van der Waals surface area contributed by atoms with Crippen LogP contribution in [0.15, 0.2) is 35.8 Å². The topological polar surface area (TPSA) is 42.1 Å². The first-order valence-corrected chi connectivity index (χ1v) is 7.46. The second-order valence-corrected chi connectivity index (χ2v) is 6.07. The Morgan fingerprint density at radius 2 is 2.11 bits per heavy atom. The van der Waals surface area contributed by atoms with E-state index >= 15 is 0 Å². The molecule has 0 spiro atoms. The monoisotopic (exact) mass is 275 g/mol. The predicted molar refractivity (Wildman–Crippen MR) is 82.5 cm³/mol. The summed E-state index contributed by atoms with van der Waals surface area (Å²) in [5, 5.41) is 2.11. The van der Waals surface area contributed by atoms with Gasteiger partial charge in [-0.1, -0.05) is 6.07 Å². The molecule has 0 fully saturated rings. The maximum Gasteiger partial charge on any atom is 0.129 e. The summed E-state index contributed by atoms with van der Waals surface area (Å²) in [6.07, 6.45) is 1.85. The van der Waals surface area contributed by atoms with Crippen LogP contribution in [0.1, 0.15) is 37.3 Å². The molecule has 0 saturated carbocycles. The van der Waals surface area contributed by atoms with Crippen LogP contribution in [0.5, 0.6) is 0 Å². The van der Waals surface area contributed by atoms with Crippen molar-refractivity contribution in [3.63, 3.8) is 0 Å². The molecule has 1 atom stereocenters. The second-order valence-electron chi connectivity index (χ2n) is 5.04. The Balaban J connectivity index is 2.26. The first-order chi connectivity index (χ1) is 9.08. The highest BCUT2D eigenvalue weighted by Crippen LogP contribution is 2.22. The van der Waals surface area contributed by atoms with Gasteiger partial charge in [0.15, 0.2) is 0 Å². The van der Waals surface area contributed by atoms with Gasteiger partial charge in [-0.15, -0.1) is 11.3 Å². The summed E-state index contributed by atoms with van der Waals surface area (Å²) >= 11 is 1.78. The van der Waals surface area contributed by atoms with Crippen LogP contribution in [0, 0.1) is 0 Å². The van der Waals surface area contributed by atoms with Crippen LogP contribution in [0.2, 0.25) is 0 Å². The molecule has 2 N–H and O–H groups in total. The van der Waals surface area contributed by atoms with Crippen molar-refractivity contribution in [2.24, 2.45) is 5.73 Å². The molecule has 0 unspecified atom stereocenters. The lowest BCUT2D eigenvalue weighted by Crippen LogP contribution is -2.30. The third kappa shape index (κ3) is 3.55. The van der Waals surface area contributed by atoms with E-state index in [0.29, 0.717) is 6.04 Å². The fourth-order valence-electron chi connectivity index (χ4n) is 1.97. The summed E-state index contributed by atoms with van der Waals surface area (Å²) in [6, 6.07) is 8.77. The predicted octanol–water partition coefficient (Wildman–Crippen LogP) is 3.58. The number of hydrogen-bond acceptors (Lipinski definition) is 4. The average molecular weight is 275 g/mol. The van der Waals surface area contributed by atoms with Crippen LogP contribution in [0.25, 0.3) is 0 Å². The minimum atomic E-state index is 0.0394. The van der Waals surface area contributed by atoms with E-state index in [4.69, 9.17) is 5.73 Å². The Bertz CT molecular complexity index is 506. The molecule has 102 valence electrons. The standard InChI is InChI=1S/C15H21N3S/c1-11(2)18(10-14-5-4-8-19-14)15-9-13(12(3)16)6-7-17-15/h4-9,11-12H,10,16H2,1-3H3/t12-/m0/s1. The molecule has 19 heavy (non-hydrogen) atoms. The Hall–Kier alpha value is -1.39. The molecule has 4 heteroatoms. The van der Waals surface area contributed by atoms with Crippen LogP contribution >= 0.6 is 11.3 Å². The largest absolute Gasteiger partial charge is 0.349 e. The van der Waals surface area contributed by atoms with Crippen LogP contribution in [0.3, 0.4) is 0 Å². The lowest BCUT2D eigenvalue weighted by molar-refractivity contribution is 0.675. The third-order valence-corrected chi connectivity index (χ3v) is 3.98. The van der Waals surface area contributed by atoms with Crippen LogP contribution in [-0.2, 0) is 6.54 Å². The molecular weight excluding hydrogens is 254 g/mol. The normalized spacial score (nSPS) is 12.7. The molecule has 0 aliphatic rings. The summed E-state index contributed by atoms with van der Waals surface area (Å²) in [5.41, 5.74) is 7.08. The molecule has 0 saturated heterocycles. The highest BCUT2D eigenvalue weighted by atomic mass is 32.1. The van der Waals surface area contributed by atoms with Gasteiger partial charge in [-0.3, -0.25) is 0 Å². The SMILES string of the molecule is CC(C)N(Cc1cccs1)c1cc([C@H](C)N)ccn1. The Labute approximate surface area is 119 Å². The zero-order chi connectivity index (χ0) is 13.8. The first kappa shape index (κ1) is 14.0. The van der Waals surface area contributed by atoms with Gasteiger partial charge in [0.2, 0.25) is 0 Å². The van der Waals surface area contributed by atoms with Gasteiger partial charge in [-0.05, 0) is 49.9 Å². The van der Waals surface area contributed by atoms with E-state index in [1.165, 1.54) is 4.88 Å². The van der Waals surface area contributed by atoms with Crippen molar-refractivity contribution in [1.82, 2.24) is 4.98 Å². The molecule has 0 amide bonds. The first-order valence-electron chi connectivity index (χ1n) is 6.58. The van der Waals surface area contributed by atoms with Crippen molar-refractivity contribution >= 4 is 17.2 Å². The van der Waals surface area contributed by atoms with Crippen molar-refractivity contribution < 1.29 is 0 Å². The lowest BCUT2D eigenvalue weighted by Gasteiger charge is -2.28. The number of thiophene rings is 1. The number of hydrogen-bond donors (Lipinski definition) is 1. The highest BCUT2D eigenvalue weighted by molar-refractivity contribution is 7.09. The summed E-state index contributed by atoms with van der Waals surface area (Å²) < 4.78 is 0. The number of nitrogens with two attached hydrogens (primary N) is 1. The van der Waals surface area contributed by atoms with Gasteiger partial charge in [-0.2, -0.15) is 0 Å². The minimum absolute atomic E-state index is 0.0394. The van der Waals surface area contributed by atoms with Gasteiger partial charge in [0.25, 0.3) is 0 Å². The van der Waals surface area contributed by atoms with Gasteiger partial charge in [0, 0.05) is 23.2 Å². The summed E-state index contributed by atoms with van der Waals surface area (Å²) in [7, 11) is 0. The summed E-state index contributed by atoms with van der Waals surface area (Å²) in [4.78, 5) is 8.15. The maximum absolute atomic E-state index is 5.95. The molecule has 2 aromatic heterocycles. The Morgan fingerprint density at radius 3 is 2.68 bits per heavy atom. The number of aromatic nitrogens is 1. The number of rotatable bonds is 5. The smallest absolute Gasteiger partial charge is 0.129 e. The third-order valence-electron chi connectivity index (χ3n) is 3.12. The molecule has 0 aliphatic heterocycles. The van der Waals surface area contributed by atoms with Crippen LogP contribution in [0.4, 0.5) is 5.82 Å². The van der Waals surface area contributed by atoms with E-state index in [-0.39, 0.29) is 6.04 Å². The maximum atomic E-state index is 5.95. The summed E-state index contributed by atoms with van der Waals surface area (Å²) in [5.74, 6) is 0.998. The zero-order valence-corrected chi connectivity index (χ0v) is 12.5. The average Bonchev–Trinajstić information content (AvgIpc) is 2.88. The van der Waals surface area contributed by atoms with E-state index in [9.17, 15) is 0 Å². The van der Waals surface area contributed by atoms with Crippen LogP contribution in [-0.4, -0.2) is 11.0 Å². The van der Waals surface area contributed by atoms with Crippen molar-refractivity contribution in [2.75, 3.05) is 4.90 Å². The fourth-order valence-corrected chi connectivity index (χ4v) is 2.68. The quantitative estimate of drug-likeness (QED) is 0.907. The van der Waals surface area contributed by atoms with Gasteiger partial charge < -0.3 is 10.6 Å². The number of pyridine rings is 1. The van der Waals surface area contributed by atoms with Gasteiger partial charge in [0.1, 0.15) is 5.82 Å². The molecule has 0 aromatic carbocycles. The molecule has 2 aromatic rings. The van der Waals surface area contributed by atoms with E-state index in [0.717, 1.165) is 17.9 Å². The molecular formula is C15H21N3S. The lowest BCUT2D eigenvalue weighted by atomic mass is 10.1. The Kier molecular flexibility index (Phi) is 4.56. The molecule has 3 nitrogen and oxygen atoms in total. The molecule has 2 heterocycles. The highest BCUT2D eigenvalue weighted by Gasteiger charge is 2.14. The van der Waals surface area contributed by atoms with Crippen molar-refractivity contribution in [2.45, 2.75) is 39.4 Å². The van der Waals surface area contributed by atoms with E-state index in [1.54, 1.807) is 11.3 Å². The number of anilines is 1. The molecule has 0 radical (unpaired) electrons. The summed E-state index contributed by atoms with van der Waals surface area (Å²) in [6.45, 7) is 7.27. The fraction of sp³-hybridized carbons (Fsp3) is 0.400. The van der Waals surface area contributed by atoms with E-state index in [1.807, 2.05) is 19.2 Å². The Morgan fingerprint density at radius 1 is 1.32 bits per heavy atom. The molecule has 2 rings (SSSR count).